The van der Waals surface area contributed by atoms with Gasteiger partial charge in [-0.1, -0.05) is 6.07 Å². The van der Waals surface area contributed by atoms with Crippen molar-refractivity contribution >= 4 is 23.7 Å². The van der Waals surface area contributed by atoms with Crippen molar-refractivity contribution in [3.63, 3.8) is 0 Å². The summed E-state index contributed by atoms with van der Waals surface area (Å²) in [6.45, 7) is 0. The third-order valence-corrected chi connectivity index (χ3v) is 3.16. The molecule has 2 N–H and O–H groups in total. The quantitative estimate of drug-likeness (QED) is 0.835. The van der Waals surface area contributed by atoms with Crippen LogP contribution >= 0.6 is 23.7 Å². The first kappa shape index (κ1) is 14.0. The molecule has 1 nitrogen and oxygen atoms in total. The molecule has 0 aliphatic rings. The van der Waals surface area contributed by atoms with Gasteiger partial charge in [-0.3, -0.25) is 0 Å². The van der Waals surface area contributed by atoms with Gasteiger partial charge in [0.25, 0.3) is 0 Å². The van der Waals surface area contributed by atoms with Crippen LogP contribution in [0.15, 0.2) is 29.6 Å². The van der Waals surface area contributed by atoms with E-state index in [2.05, 4.69) is 0 Å². The van der Waals surface area contributed by atoms with Crippen LogP contribution in [-0.4, -0.2) is 0 Å². The molecule has 92 valence electrons. The number of hydrogen-bond acceptors (Lipinski definition) is 2. The first-order chi connectivity index (χ1) is 7.59. The van der Waals surface area contributed by atoms with Crippen LogP contribution in [0.4, 0.5) is 13.2 Å². The molecule has 2 rings (SSSR count). The summed E-state index contributed by atoms with van der Waals surface area (Å²) in [7, 11) is 0. The summed E-state index contributed by atoms with van der Waals surface area (Å²) in [5.74, 6) is -3.15. The zero-order valence-corrected chi connectivity index (χ0v) is 10.1. The van der Waals surface area contributed by atoms with E-state index in [1.54, 1.807) is 17.5 Å². The minimum atomic E-state index is -1.22. The molecule has 0 amide bonds. The van der Waals surface area contributed by atoms with Crippen LogP contribution in [-0.2, 0) is 0 Å². The Labute approximate surface area is 106 Å². The lowest BCUT2D eigenvalue weighted by Gasteiger charge is -2.11. The second-order valence-corrected chi connectivity index (χ2v) is 4.26. The molecule has 0 saturated heterocycles. The van der Waals surface area contributed by atoms with Crippen LogP contribution < -0.4 is 5.73 Å². The highest BCUT2D eigenvalue weighted by atomic mass is 35.5. The molecular formula is C11H9ClF3NS. The molecule has 1 atom stereocenters. The van der Waals surface area contributed by atoms with E-state index >= 15 is 0 Å². The Bertz CT molecular complexity index is 502. The molecule has 0 aliphatic carbocycles. The fourth-order valence-electron chi connectivity index (χ4n) is 1.42. The molecule has 6 heteroatoms. The van der Waals surface area contributed by atoms with Crippen LogP contribution in [0.3, 0.4) is 0 Å². The molecule has 1 aromatic heterocycles. The summed E-state index contributed by atoms with van der Waals surface area (Å²) in [5.41, 5.74) is 5.57. The van der Waals surface area contributed by atoms with Gasteiger partial charge < -0.3 is 5.73 Å². The molecule has 0 saturated carbocycles. The zero-order valence-electron chi connectivity index (χ0n) is 8.49. The molecular weight excluding hydrogens is 271 g/mol. The van der Waals surface area contributed by atoms with Crippen molar-refractivity contribution in [2.24, 2.45) is 5.73 Å². The number of hydrogen-bond donors (Lipinski definition) is 1. The van der Waals surface area contributed by atoms with E-state index < -0.39 is 23.5 Å². The molecule has 1 aromatic carbocycles. The highest BCUT2D eigenvalue weighted by Crippen LogP contribution is 2.27. The van der Waals surface area contributed by atoms with E-state index in [9.17, 15) is 13.2 Å². The molecule has 0 fully saturated rings. The van der Waals surface area contributed by atoms with Crippen molar-refractivity contribution in [3.05, 3.63) is 57.5 Å². The minimum Gasteiger partial charge on any atom is -0.320 e. The maximum atomic E-state index is 13.4. The van der Waals surface area contributed by atoms with E-state index in [1.807, 2.05) is 0 Å². The van der Waals surface area contributed by atoms with Gasteiger partial charge in [0.2, 0.25) is 0 Å². The number of thiophene rings is 1. The van der Waals surface area contributed by atoms with Gasteiger partial charge in [0.1, 0.15) is 5.82 Å². The van der Waals surface area contributed by atoms with Crippen LogP contribution in [0.1, 0.15) is 16.5 Å². The maximum Gasteiger partial charge on any atom is 0.164 e. The second kappa shape index (κ2) is 5.53. The first-order valence-electron chi connectivity index (χ1n) is 4.53. The summed E-state index contributed by atoms with van der Waals surface area (Å²) in [6, 6.07) is 4.01. The Balaban J connectivity index is 0.00000144. The molecule has 17 heavy (non-hydrogen) atoms. The molecule has 0 unspecified atom stereocenters. The fraction of sp³-hybridized carbons (Fsp3) is 0.0909. The van der Waals surface area contributed by atoms with Crippen molar-refractivity contribution in [1.82, 2.24) is 0 Å². The molecule has 0 spiro atoms. The lowest BCUT2D eigenvalue weighted by molar-refractivity contribution is 0.481. The average molecular weight is 280 g/mol. The normalized spacial score (nSPS) is 12.0. The monoisotopic (exact) mass is 279 g/mol. The highest BCUT2D eigenvalue weighted by Gasteiger charge is 2.18. The van der Waals surface area contributed by atoms with Crippen molar-refractivity contribution in [1.29, 1.82) is 0 Å². The number of nitrogens with two attached hydrogens (primary N) is 1. The Morgan fingerprint density at radius 2 is 1.88 bits per heavy atom. The largest absolute Gasteiger partial charge is 0.320 e. The van der Waals surface area contributed by atoms with Crippen molar-refractivity contribution in [3.8, 4) is 0 Å². The van der Waals surface area contributed by atoms with Gasteiger partial charge in [-0.05, 0) is 17.5 Å². The number of benzene rings is 1. The molecule has 0 radical (unpaired) electrons. The summed E-state index contributed by atoms with van der Waals surface area (Å²) in [5, 5.41) is 1.77. The third kappa shape index (κ3) is 2.80. The molecule has 0 bridgehead atoms. The van der Waals surface area contributed by atoms with Crippen molar-refractivity contribution in [2.45, 2.75) is 6.04 Å². The van der Waals surface area contributed by atoms with E-state index in [4.69, 9.17) is 5.73 Å². The van der Waals surface area contributed by atoms with Crippen LogP contribution in [0.5, 0.6) is 0 Å². The Kier molecular flexibility index (Phi) is 4.56. The molecule has 1 heterocycles. The predicted octanol–water partition coefficient (Wildman–Crippen LogP) is 3.64. The molecule has 2 aromatic rings. The van der Waals surface area contributed by atoms with Crippen LogP contribution in [0.2, 0.25) is 0 Å². The topological polar surface area (TPSA) is 26.0 Å². The average Bonchev–Trinajstić information content (AvgIpc) is 2.75. The summed E-state index contributed by atoms with van der Waals surface area (Å²) < 4.78 is 39.3. The lowest BCUT2D eigenvalue weighted by atomic mass is 10.1. The first-order valence-corrected chi connectivity index (χ1v) is 5.41. The van der Waals surface area contributed by atoms with E-state index in [1.165, 1.54) is 11.3 Å². The van der Waals surface area contributed by atoms with Gasteiger partial charge in [0.15, 0.2) is 11.6 Å². The van der Waals surface area contributed by atoms with Gasteiger partial charge in [0.05, 0.1) is 6.04 Å². The summed E-state index contributed by atoms with van der Waals surface area (Å²) >= 11 is 1.31. The highest BCUT2D eigenvalue weighted by molar-refractivity contribution is 7.10. The van der Waals surface area contributed by atoms with Gasteiger partial charge in [-0.15, -0.1) is 23.7 Å². The lowest BCUT2D eigenvalue weighted by Crippen LogP contribution is -2.13. The van der Waals surface area contributed by atoms with Gasteiger partial charge in [-0.25, -0.2) is 13.2 Å². The van der Waals surface area contributed by atoms with Gasteiger partial charge in [0, 0.05) is 16.5 Å². The predicted molar refractivity (Wildman–Crippen MR) is 63.9 cm³/mol. The summed E-state index contributed by atoms with van der Waals surface area (Å²) in [6.07, 6.45) is 0. The SMILES string of the molecule is Cl.N[C@@H](c1cccs1)c1cc(F)cc(F)c1F. The van der Waals surface area contributed by atoms with Crippen LogP contribution in [0, 0.1) is 17.5 Å². The van der Waals surface area contributed by atoms with Crippen molar-refractivity contribution < 1.29 is 13.2 Å². The van der Waals surface area contributed by atoms with E-state index in [0.29, 0.717) is 10.9 Å². The number of halogens is 4. The smallest absolute Gasteiger partial charge is 0.164 e. The van der Waals surface area contributed by atoms with Crippen molar-refractivity contribution in [2.75, 3.05) is 0 Å². The second-order valence-electron chi connectivity index (χ2n) is 3.28. The summed E-state index contributed by atoms with van der Waals surface area (Å²) in [4.78, 5) is 0.656. The fourth-order valence-corrected chi connectivity index (χ4v) is 2.17. The minimum absolute atomic E-state index is 0. The number of rotatable bonds is 2. The Morgan fingerprint density at radius 1 is 1.18 bits per heavy atom. The van der Waals surface area contributed by atoms with E-state index in [0.717, 1.165) is 6.07 Å². The van der Waals surface area contributed by atoms with E-state index in [-0.39, 0.29) is 18.0 Å². The zero-order chi connectivity index (χ0) is 11.7. The van der Waals surface area contributed by atoms with Gasteiger partial charge in [-0.2, -0.15) is 0 Å². The molecule has 0 aliphatic heterocycles. The Morgan fingerprint density at radius 3 is 2.47 bits per heavy atom. The standard InChI is InChI=1S/C11H8F3NS.ClH/c12-6-4-7(10(14)8(13)5-6)11(15)9-2-1-3-16-9;/h1-5,11H,15H2;1H/t11-;/m1./s1. The third-order valence-electron chi connectivity index (χ3n) is 2.21. The van der Waals surface area contributed by atoms with Crippen LogP contribution in [0.25, 0.3) is 0 Å². The maximum absolute atomic E-state index is 13.4. The van der Waals surface area contributed by atoms with Gasteiger partial charge >= 0.3 is 0 Å². The Hall–Kier alpha value is -1.04.